The first-order valence-electron chi connectivity index (χ1n) is 5.48. The minimum atomic E-state index is 0.436. The second-order valence-electron chi connectivity index (χ2n) is 3.94. The number of thiophene rings is 1. The third-order valence-electron chi connectivity index (χ3n) is 2.87. The zero-order valence-corrected chi connectivity index (χ0v) is 9.65. The summed E-state index contributed by atoms with van der Waals surface area (Å²) in [6, 6.07) is 4.06. The highest BCUT2D eigenvalue weighted by molar-refractivity contribution is 7.12. The second kappa shape index (κ2) is 4.31. The Balaban J connectivity index is 1.92. The maximum absolute atomic E-state index is 4.16. The molecule has 0 amide bonds. The molecule has 1 N–H and O–H groups in total. The molecule has 1 atom stereocenters. The van der Waals surface area contributed by atoms with Gasteiger partial charge in [-0.05, 0) is 47.3 Å². The molecule has 84 valence electrons. The minimum Gasteiger partial charge on any atom is -0.316 e. The molecule has 3 rings (SSSR count). The van der Waals surface area contributed by atoms with E-state index >= 15 is 0 Å². The van der Waals surface area contributed by atoms with Crippen LogP contribution in [0.2, 0.25) is 0 Å². The summed E-state index contributed by atoms with van der Waals surface area (Å²) in [4.78, 5) is 0. The number of nitrogens with one attached hydrogen (secondary N) is 1. The molecule has 1 saturated heterocycles. The fourth-order valence-corrected chi connectivity index (χ4v) is 2.75. The molecule has 3 heterocycles. The molecule has 6 heteroatoms. The van der Waals surface area contributed by atoms with Crippen molar-refractivity contribution in [2.45, 2.75) is 18.8 Å². The first-order chi connectivity index (χ1) is 7.95. The molecule has 0 saturated carbocycles. The lowest BCUT2D eigenvalue weighted by Gasteiger charge is -2.21. The summed E-state index contributed by atoms with van der Waals surface area (Å²) >= 11 is 1.66. The van der Waals surface area contributed by atoms with Gasteiger partial charge in [0.2, 0.25) is 0 Å². The van der Waals surface area contributed by atoms with Crippen LogP contribution in [0.4, 0.5) is 0 Å². The fourth-order valence-electron chi connectivity index (χ4n) is 2.07. The third kappa shape index (κ3) is 1.74. The van der Waals surface area contributed by atoms with Crippen molar-refractivity contribution >= 4 is 11.3 Å². The van der Waals surface area contributed by atoms with Crippen LogP contribution < -0.4 is 5.32 Å². The maximum Gasteiger partial charge on any atom is 0.162 e. The number of hydrogen-bond acceptors (Lipinski definition) is 5. The van der Waals surface area contributed by atoms with Gasteiger partial charge >= 0.3 is 0 Å². The Labute approximate surface area is 97.5 Å². The smallest absolute Gasteiger partial charge is 0.162 e. The van der Waals surface area contributed by atoms with Crippen molar-refractivity contribution in [2.24, 2.45) is 0 Å². The first kappa shape index (κ1) is 9.92. The van der Waals surface area contributed by atoms with Crippen LogP contribution >= 0.6 is 11.3 Å². The highest BCUT2D eigenvalue weighted by atomic mass is 32.1. The van der Waals surface area contributed by atoms with Gasteiger partial charge in [-0.25, -0.2) is 0 Å². The van der Waals surface area contributed by atoms with Crippen LogP contribution in [0.15, 0.2) is 17.5 Å². The van der Waals surface area contributed by atoms with Crippen LogP contribution in [0.5, 0.6) is 0 Å². The minimum absolute atomic E-state index is 0.436. The van der Waals surface area contributed by atoms with Crippen molar-refractivity contribution < 1.29 is 0 Å². The van der Waals surface area contributed by atoms with E-state index in [1.807, 2.05) is 22.2 Å². The first-order valence-corrected chi connectivity index (χ1v) is 6.36. The van der Waals surface area contributed by atoms with Crippen LogP contribution in [-0.2, 0) is 0 Å². The molecule has 0 radical (unpaired) electrons. The number of nitrogens with zero attached hydrogens (tertiary/aromatic N) is 4. The number of piperidine rings is 1. The third-order valence-corrected chi connectivity index (χ3v) is 3.71. The molecule has 16 heavy (non-hydrogen) atoms. The van der Waals surface area contributed by atoms with Crippen LogP contribution in [0, 0.1) is 0 Å². The molecular weight excluding hydrogens is 222 g/mol. The molecule has 0 aromatic carbocycles. The van der Waals surface area contributed by atoms with Crippen LogP contribution in [-0.4, -0.2) is 33.3 Å². The van der Waals surface area contributed by atoms with Gasteiger partial charge in [-0.15, -0.1) is 16.4 Å². The van der Waals surface area contributed by atoms with E-state index in [4.69, 9.17) is 0 Å². The summed E-state index contributed by atoms with van der Waals surface area (Å²) in [5, 5.41) is 18.6. The van der Waals surface area contributed by atoms with Gasteiger partial charge in [0, 0.05) is 12.5 Å². The van der Waals surface area contributed by atoms with Crippen molar-refractivity contribution in [3.8, 4) is 5.00 Å². The van der Waals surface area contributed by atoms with E-state index in [1.165, 1.54) is 12.8 Å². The average Bonchev–Trinajstić information content (AvgIpc) is 3.01. The molecule has 0 bridgehead atoms. The van der Waals surface area contributed by atoms with E-state index in [0.717, 1.165) is 23.9 Å². The predicted molar refractivity (Wildman–Crippen MR) is 61.9 cm³/mol. The van der Waals surface area contributed by atoms with Gasteiger partial charge in [-0.2, -0.15) is 4.68 Å². The van der Waals surface area contributed by atoms with Crippen molar-refractivity contribution in [3.05, 3.63) is 23.3 Å². The lowest BCUT2D eigenvalue weighted by Crippen LogP contribution is -2.30. The van der Waals surface area contributed by atoms with Crippen LogP contribution in [0.25, 0.3) is 5.00 Å². The average molecular weight is 235 g/mol. The molecule has 2 aromatic heterocycles. The molecule has 0 aliphatic carbocycles. The van der Waals surface area contributed by atoms with Crippen molar-refractivity contribution in [3.63, 3.8) is 0 Å². The van der Waals surface area contributed by atoms with Gasteiger partial charge in [0.25, 0.3) is 0 Å². The van der Waals surface area contributed by atoms with Crippen LogP contribution in [0.3, 0.4) is 0 Å². The fraction of sp³-hybridized carbons (Fsp3) is 0.500. The van der Waals surface area contributed by atoms with E-state index in [-0.39, 0.29) is 0 Å². The monoisotopic (exact) mass is 235 g/mol. The van der Waals surface area contributed by atoms with E-state index < -0.39 is 0 Å². The number of rotatable bonds is 2. The zero-order chi connectivity index (χ0) is 10.8. The second-order valence-corrected chi connectivity index (χ2v) is 4.87. The van der Waals surface area contributed by atoms with E-state index in [2.05, 4.69) is 20.8 Å². The highest BCUT2D eigenvalue weighted by Crippen LogP contribution is 2.24. The lowest BCUT2D eigenvalue weighted by atomic mass is 9.99. The Morgan fingerprint density at radius 2 is 2.50 bits per heavy atom. The Hall–Kier alpha value is -1.27. The van der Waals surface area contributed by atoms with Gasteiger partial charge < -0.3 is 5.32 Å². The molecule has 2 aromatic rings. The van der Waals surface area contributed by atoms with Gasteiger partial charge in [0.1, 0.15) is 5.00 Å². The summed E-state index contributed by atoms with van der Waals surface area (Å²) in [5.74, 6) is 1.42. The molecule has 1 aliphatic rings. The molecule has 1 aliphatic heterocycles. The Morgan fingerprint density at radius 1 is 1.50 bits per heavy atom. The van der Waals surface area contributed by atoms with Crippen molar-refractivity contribution in [1.29, 1.82) is 0 Å². The lowest BCUT2D eigenvalue weighted by molar-refractivity contribution is 0.440. The number of hydrogen-bond donors (Lipinski definition) is 1. The number of aromatic nitrogens is 4. The molecule has 1 unspecified atom stereocenters. The molecule has 0 spiro atoms. The Kier molecular flexibility index (Phi) is 2.67. The molecule has 1 fully saturated rings. The number of tetrazole rings is 1. The zero-order valence-electron chi connectivity index (χ0n) is 8.83. The van der Waals surface area contributed by atoms with Gasteiger partial charge in [-0.1, -0.05) is 0 Å². The van der Waals surface area contributed by atoms with Crippen LogP contribution in [0.1, 0.15) is 24.6 Å². The molecule has 5 nitrogen and oxygen atoms in total. The van der Waals surface area contributed by atoms with E-state index in [1.54, 1.807) is 11.3 Å². The Bertz CT molecular complexity index is 443. The maximum atomic E-state index is 4.16. The van der Waals surface area contributed by atoms with Gasteiger partial charge in [0.15, 0.2) is 5.82 Å². The predicted octanol–water partition coefficient (Wildman–Crippen LogP) is 1.19. The normalized spacial score (nSPS) is 21.1. The van der Waals surface area contributed by atoms with Gasteiger partial charge in [-0.3, -0.25) is 0 Å². The summed E-state index contributed by atoms with van der Waals surface area (Å²) in [5.41, 5.74) is 0. The summed E-state index contributed by atoms with van der Waals surface area (Å²) in [6.45, 7) is 2.09. The summed E-state index contributed by atoms with van der Waals surface area (Å²) in [7, 11) is 0. The standard InChI is InChI=1S/C10H13N5S/c1-3-8(7-11-5-1)10-12-13-14-15(10)9-4-2-6-16-9/h2,4,6,8,11H,1,3,5,7H2. The molecular formula is C10H13N5S. The van der Waals surface area contributed by atoms with Crippen molar-refractivity contribution in [2.75, 3.05) is 13.1 Å². The summed E-state index contributed by atoms with van der Waals surface area (Å²) < 4.78 is 1.86. The van der Waals surface area contributed by atoms with Gasteiger partial charge in [0.05, 0.1) is 0 Å². The highest BCUT2D eigenvalue weighted by Gasteiger charge is 2.22. The van der Waals surface area contributed by atoms with E-state index in [0.29, 0.717) is 5.92 Å². The topological polar surface area (TPSA) is 55.6 Å². The quantitative estimate of drug-likeness (QED) is 0.849. The largest absolute Gasteiger partial charge is 0.316 e. The van der Waals surface area contributed by atoms with E-state index in [9.17, 15) is 0 Å². The Morgan fingerprint density at radius 3 is 3.25 bits per heavy atom. The van der Waals surface area contributed by atoms with Crippen molar-refractivity contribution in [1.82, 2.24) is 25.5 Å². The SMILES string of the molecule is c1csc(-n2nnnc2C2CCCNC2)c1. The summed E-state index contributed by atoms with van der Waals surface area (Å²) in [6.07, 6.45) is 2.36.